The van der Waals surface area contributed by atoms with E-state index in [0.717, 1.165) is 6.42 Å². The molecule has 0 atom stereocenters. The first kappa shape index (κ1) is 15.7. The number of hydrogen-bond donors (Lipinski definition) is 1. The van der Waals surface area contributed by atoms with E-state index >= 15 is 0 Å². The molecule has 0 saturated heterocycles. The predicted octanol–water partition coefficient (Wildman–Crippen LogP) is 0.851. The van der Waals surface area contributed by atoms with Gasteiger partial charge in [-0.3, -0.25) is 0 Å². The Bertz CT molecular complexity index is 19.2. The minimum absolute atomic E-state index is 0. The quantitative estimate of drug-likeness (QED) is 0.507. The molecule has 0 aromatic rings. The topological polar surface area (TPSA) is 20.2 Å². The van der Waals surface area contributed by atoms with Crippen molar-refractivity contribution in [3.8, 4) is 0 Å². The molecular weight excluding hydrogens is 203 g/mol. The molecule has 0 aromatic heterocycles. The van der Waals surface area contributed by atoms with E-state index in [-0.39, 0.29) is 49.9 Å². The molecule has 0 saturated carbocycles. The Morgan fingerprint density at radius 2 is 1.83 bits per heavy atom. The van der Waals surface area contributed by atoms with E-state index < -0.39 is 0 Å². The molecule has 0 unspecified atom stereocenters. The molecule has 38 valence electrons. The number of rotatable bonds is 1. The van der Waals surface area contributed by atoms with Gasteiger partial charge in [0, 0.05) is 6.61 Å². The molecule has 0 radical (unpaired) electrons. The summed E-state index contributed by atoms with van der Waals surface area (Å²) in [5.74, 6) is 0. The molecule has 0 aromatic carbocycles. The van der Waals surface area contributed by atoms with E-state index in [0.29, 0.717) is 6.61 Å². The van der Waals surface area contributed by atoms with Gasteiger partial charge in [0.1, 0.15) is 0 Å². The standard InChI is InChI=1S/C3H8O.HI.Mg.2H/c1-2-3-4;;;;/h4H,2-3H2,1H3;1H;;;/q;;+2;2*-1. The average molecular weight is 214 g/mol. The van der Waals surface area contributed by atoms with Crippen molar-refractivity contribution in [3.05, 3.63) is 0 Å². The molecule has 0 amide bonds. The van der Waals surface area contributed by atoms with Crippen LogP contribution >= 0.6 is 24.0 Å². The molecule has 3 heteroatoms. The third-order valence-corrected chi connectivity index (χ3v) is 0.224. The van der Waals surface area contributed by atoms with Crippen molar-refractivity contribution in [2.24, 2.45) is 0 Å². The van der Waals surface area contributed by atoms with Crippen LogP contribution in [0, 0.1) is 0 Å². The fraction of sp³-hybridized carbons (Fsp3) is 1.00. The minimum Gasteiger partial charge on any atom is -1.00 e. The van der Waals surface area contributed by atoms with Crippen molar-refractivity contribution in [1.82, 2.24) is 0 Å². The van der Waals surface area contributed by atoms with Crippen LogP contribution in [0.25, 0.3) is 0 Å². The maximum atomic E-state index is 7.88. The maximum absolute atomic E-state index is 7.88. The summed E-state index contributed by atoms with van der Waals surface area (Å²) in [5, 5.41) is 7.88. The third-order valence-electron chi connectivity index (χ3n) is 0.224. The summed E-state index contributed by atoms with van der Waals surface area (Å²) in [6.07, 6.45) is 0.875. The number of halogens is 1. The SMILES string of the molecule is CCCO.I.[H-].[H-].[Mg+2]. The van der Waals surface area contributed by atoms with Crippen LogP contribution in [-0.4, -0.2) is 34.8 Å². The van der Waals surface area contributed by atoms with Gasteiger partial charge in [-0.2, -0.15) is 0 Å². The van der Waals surface area contributed by atoms with Crippen molar-refractivity contribution in [3.63, 3.8) is 0 Å². The third kappa shape index (κ3) is 18.0. The second kappa shape index (κ2) is 16.1. The summed E-state index contributed by atoms with van der Waals surface area (Å²) in [7, 11) is 0. The van der Waals surface area contributed by atoms with Gasteiger partial charge >= 0.3 is 23.1 Å². The van der Waals surface area contributed by atoms with Gasteiger partial charge in [0.2, 0.25) is 0 Å². The molecule has 1 nitrogen and oxygen atoms in total. The summed E-state index contributed by atoms with van der Waals surface area (Å²) in [5.41, 5.74) is 0. The number of aliphatic hydroxyl groups is 1. The first-order chi connectivity index (χ1) is 1.91. The zero-order valence-electron chi connectivity index (χ0n) is 5.98. The van der Waals surface area contributed by atoms with Crippen molar-refractivity contribution in [2.45, 2.75) is 13.3 Å². The summed E-state index contributed by atoms with van der Waals surface area (Å²) < 4.78 is 0. The van der Waals surface area contributed by atoms with Crippen molar-refractivity contribution in [1.29, 1.82) is 0 Å². The number of hydrogen-bond acceptors (Lipinski definition) is 1. The van der Waals surface area contributed by atoms with Gasteiger partial charge in [-0.15, -0.1) is 24.0 Å². The maximum Gasteiger partial charge on any atom is 2.00 e. The van der Waals surface area contributed by atoms with Crippen molar-refractivity contribution >= 4 is 47.0 Å². The van der Waals surface area contributed by atoms with E-state index in [1.807, 2.05) is 6.92 Å². The van der Waals surface area contributed by atoms with Gasteiger partial charge in [0.15, 0.2) is 0 Å². The van der Waals surface area contributed by atoms with Crippen LogP contribution in [0.3, 0.4) is 0 Å². The molecule has 0 bridgehead atoms. The molecule has 6 heavy (non-hydrogen) atoms. The number of aliphatic hydroxyl groups excluding tert-OH is 1. The summed E-state index contributed by atoms with van der Waals surface area (Å²) >= 11 is 0. The van der Waals surface area contributed by atoms with E-state index in [4.69, 9.17) is 5.11 Å². The van der Waals surface area contributed by atoms with Crippen LogP contribution < -0.4 is 0 Å². The zero-order valence-corrected chi connectivity index (χ0v) is 7.72. The molecular formula is C3H11IMgO. The fourth-order valence-electron chi connectivity index (χ4n) is 0. The monoisotopic (exact) mass is 214 g/mol. The van der Waals surface area contributed by atoms with Crippen molar-refractivity contribution in [2.75, 3.05) is 6.61 Å². The molecule has 0 aliphatic heterocycles. The van der Waals surface area contributed by atoms with Gasteiger partial charge in [-0.05, 0) is 6.42 Å². The van der Waals surface area contributed by atoms with Crippen LogP contribution in [0.4, 0.5) is 0 Å². The second-order valence-corrected chi connectivity index (χ2v) is 0.724. The van der Waals surface area contributed by atoms with Gasteiger partial charge in [-0.1, -0.05) is 6.92 Å². The van der Waals surface area contributed by atoms with Crippen molar-refractivity contribution < 1.29 is 7.96 Å². The Kier molecular flexibility index (Phi) is 42.0. The molecule has 0 aliphatic carbocycles. The molecule has 1 N–H and O–H groups in total. The molecule has 0 aliphatic rings. The zero-order chi connectivity index (χ0) is 3.41. The first-order valence-corrected chi connectivity index (χ1v) is 1.52. The normalized spacial score (nSPS) is 5.00. The van der Waals surface area contributed by atoms with Gasteiger partial charge in [0.25, 0.3) is 0 Å². The Labute approximate surface area is 74.6 Å². The van der Waals surface area contributed by atoms with Gasteiger partial charge in [0.05, 0.1) is 0 Å². The molecule has 0 fully saturated rings. The predicted molar refractivity (Wildman–Crippen MR) is 40.8 cm³/mol. The largest absolute Gasteiger partial charge is 2.00 e. The molecule has 0 spiro atoms. The molecule has 0 rings (SSSR count). The van der Waals surface area contributed by atoms with Crippen LogP contribution in [0.1, 0.15) is 16.2 Å². The van der Waals surface area contributed by atoms with Crippen LogP contribution in [0.5, 0.6) is 0 Å². The first-order valence-electron chi connectivity index (χ1n) is 1.52. The second-order valence-electron chi connectivity index (χ2n) is 0.724. The van der Waals surface area contributed by atoms with E-state index in [9.17, 15) is 0 Å². The van der Waals surface area contributed by atoms with E-state index in [1.165, 1.54) is 0 Å². The smallest absolute Gasteiger partial charge is 1.00 e. The van der Waals surface area contributed by atoms with E-state index in [2.05, 4.69) is 0 Å². The minimum atomic E-state index is 0. The Morgan fingerprint density at radius 3 is 1.83 bits per heavy atom. The Morgan fingerprint density at radius 1 is 1.67 bits per heavy atom. The fourth-order valence-corrected chi connectivity index (χ4v) is 0. The van der Waals surface area contributed by atoms with Crippen LogP contribution in [-0.2, 0) is 0 Å². The van der Waals surface area contributed by atoms with Gasteiger partial charge < -0.3 is 7.96 Å². The van der Waals surface area contributed by atoms with Crippen LogP contribution in [0.2, 0.25) is 0 Å². The summed E-state index contributed by atoms with van der Waals surface area (Å²) in [6, 6.07) is 0. The van der Waals surface area contributed by atoms with Gasteiger partial charge in [-0.25, -0.2) is 0 Å². The summed E-state index contributed by atoms with van der Waals surface area (Å²) in [6.45, 7) is 2.25. The Hall–Kier alpha value is 1.46. The molecule has 0 heterocycles. The average Bonchev–Trinajstić information content (AvgIpc) is 1.37. The Balaban J connectivity index is -0.00000000750. The van der Waals surface area contributed by atoms with E-state index in [1.54, 1.807) is 0 Å². The summed E-state index contributed by atoms with van der Waals surface area (Å²) in [4.78, 5) is 0. The van der Waals surface area contributed by atoms with Crippen LogP contribution in [0.15, 0.2) is 0 Å².